The van der Waals surface area contributed by atoms with Gasteiger partial charge in [-0.1, -0.05) is 329 Å². The number of nitrogens with zero attached hydrogens (tertiary/aromatic N) is 2. The van der Waals surface area contributed by atoms with Gasteiger partial charge in [0.1, 0.15) is 0 Å². The first kappa shape index (κ1) is 64.5. The largest absolute Gasteiger partial charge is 0.309 e. The predicted octanol–water partition coefficient (Wildman–Crippen LogP) is 28.4. The molecule has 0 N–H and O–H groups in total. The van der Waals surface area contributed by atoms with E-state index in [0.29, 0.717) is 0 Å². The molecule has 2 heteroatoms. The van der Waals surface area contributed by atoms with E-state index in [2.05, 4.69) is 406 Å². The second-order valence-electron chi connectivity index (χ2n) is 31.3. The van der Waals surface area contributed by atoms with Gasteiger partial charge in [-0.25, -0.2) is 0 Å². The van der Waals surface area contributed by atoms with E-state index in [1.54, 1.807) is 0 Å². The summed E-state index contributed by atoms with van der Waals surface area (Å²) in [6.07, 6.45) is 0. The molecule has 0 aliphatic heterocycles. The van der Waals surface area contributed by atoms with Crippen molar-refractivity contribution in [2.24, 2.45) is 0 Å². The Labute approximate surface area is 605 Å². The summed E-state index contributed by atoms with van der Waals surface area (Å²) >= 11 is 0. The fourth-order valence-electron chi connectivity index (χ4n) is 16.1. The van der Waals surface area contributed by atoms with E-state index in [-0.39, 0.29) is 16.2 Å². The molecule has 16 aromatic carbocycles. The SMILES string of the molecule is CC(C)(C)c1ccc2c(c1)c1cc(C(C)(C)C)ccc1n2-c1ccc(-c2c3ccccc3c(-c3ccc(-c4ccccc4)cc3)c3ccccc23)cc1.Cc1ccc2c(-c3ccc(-n4c5ccccc5c5cc(C(C)(C)C)ccc54)cc3)c3ccccc3c(-c3ccc(-c4ccccc4)cc3)c2c1. The van der Waals surface area contributed by atoms with Crippen LogP contribution in [0.25, 0.3) is 165 Å². The van der Waals surface area contributed by atoms with E-state index in [9.17, 15) is 0 Å². The molecule has 498 valence electrons. The van der Waals surface area contributed by atoms with Crippen molar-refractivity contribution >= 4 is 86.7 Å². The van der Waals surface area contributed by atoms with Crippen LogP contribution in [0.1, 0.15) is 84.6 Å². The molecule has 0 amide bonds. The number of para-hydroxylation sites is 1. The summed E-state index contributed by atoms with van der Waals surface area (Å²) in [5.41, 5.74) is 27.8. The number of fused-ring (bicyclic) bond motifs is 10. The Kier molecular flexibility index (Phi) is 15.9. The maximum absolute atomic E-state index is 2.45. The highest BCUT2D eigenvalue weighted by Crippen LogP contribution is 2.48. The molecule has 0 saturated heterocycles. The van der Waals surface area contributed by atoms with Crippen molar-refractivity contribution in [3.63, 3.8) is 0 Å². The highest BCUT2D eigenvalue weighted by molar-refractivity contribution is 6.23. The standard InChI is InChI=1S/C52H45N.C49H39N/c1-51(2,3)38-26-30-47-45(32-38)46-33-39(52(4,5)6)27-31-48(46)53(47)40-28-24-37(25-29-40)50-43-18-12-10-16-41(43)49(42-17-11-13-19-44(42)50)36-22-20-35(21-23-36)34-14-8-7-9-15-34;1-32-18-28-42-44(30-32)48(35-21-19-34(20-22-35)33-12-6-5-7-13-33)41-16-9-8-15-40(41)47(42)36-23-26-38(27-24-36)50-45-17-11-10-14-39(45)43-31-37(49(2,3)4)25-29-46(43)50/h7-33H,1-6H3;5-31H,1-4H3. The number of benzene rings is 16. The Morgan fingerprint density at radius 2 is 0.437 bits per heavy atom. The third kappa shape index (κ3) is 11.6. The van der Waals surface area contributed by atoms with Crippen molar-refractivity contribution in [3.05, 3.63) is 350 Å². The van der Waals surface area contributed by atoms with E-state index in [4.69, 9.17) is 0 Å². The highest BCUT2D eigenvalue weighted by atomic mass is 15.0. The van der Waals surface area contributed by atoms with Crippen LogP contribution in [-0.4, -0.2) is 9.13 Å². The molecule has 0 bridgehead atoms. The Balaban J connectivity index is 0.000000153. The minimum Gasteiger partial charge on any atom is -0.309 e. The molecular weight excluding hydrogens is 1240 g/mol. The summed E-state index contributed by atoms with van der Waals surface area (Å²) in [6.45, 7) is 22.9. The van der Waals surface area contributed by atoms with Gasteiger partial charge in [0.25, 0.3) is 0 Å². The molecule has 0 radical (unpaired) electrons. The smallest absolute Gasteiger partial charge is 0.0541 e. The van der Waals surface area contributed by atoms with Gasteiger partial charge in [0, 0.05) is 32.9 Å². The zero-order chi connectivity index (χ0) is 70.5. The van der Waals surface area contributed by atoms with Gasteiger partial charge < -0.3 is 9.13 Å². The van der Waals surface area contributed by atoms with Crippen LogP contribution in [0, 0.1) is 6.92 Å². The topological polar surface area (TPSA) is 9.86 Å². The zero-order valence-electron chi connectivity index (χ0n) is 60.6. The van der Waals surface area contributed by atoms with Crippen LogP contribution in [0.15, 0.2) is 328 Å². The fraction of sp³-hybridized carbons (Fsp3) is 0.129. The van der Waals surface area contributed by atoms with Crippen LogP contribution in [0.4, 0.5) is 0 Å². The second kappa shape index (κ2) is 25.3. The number of aryl methyl sites for hydroxylation is 1. The third-order valence-corrected chi connectivity index (χ3v) is 21.5. The second-order valence-corrected chi connectivity index (χ2v) is 31.3. The van der Waals surface area contributed by atoms with Gasteiger partial charge in [-0.2, -0.15) is 0 Å². The van der Waals surface area contributed by atoms with Crippen molar-refractivity contribution in [2.45, 2.75) is 85.5 Å². The molecule has 0 saturated carbocycles. The molecule has 2 heterocycles. The molecule has 0 aliphatic carbocycles. The summed E-state index contributed by atoms with van der Waals surface area (Å²) in [7, 11) is 0. The van der Waals surface area contributed by atoms with Crippen molar-refractivity contribution in [1.29, 1.82) is 0 Å². The highest BCUT2D eigenvalue weighted by Gasteiger charge is 2.25. The Morgan fingerprint density at radius 1 is 0.184 bits per heavy atom. The third-order valence-electron chi connectivity index (χ3n) is 21.5. The first-order valence-corrected chi connectivity index (χ1v) is 36.5. The average molecular weight is 1330 g/mol. The van der Waals surface area contributed by atoms with Crippen LogP contribution in [0.2, 0.25) is 0 Å². The van der Waals surface area contributed by atoms with Gasteiger partial charge in [0.15, 0.2) is 0 Å². The van der Waals surface area contributed by atoms with Crippen molar-refractivity contribution < 1.29 is 0 Å². The first-order valence-electron chi connectivity index (χ1n) is 36.5. The van der Waals surface area contributed by atoms with Crippen LogP contribution >= 0.6 is 0 Å². The van der Waals surface area contributed by atoms with Crippen LogP contribution in [0.5, 0.6) is 0 Å². The van der Waals surface area contributed by atoms with Crippen molar-refractivity contribution in [1.82, 2.24) is 9.13 Å². The molecule has 103 heavy (non-hydrogen) atoms. The monoisotopic (exact) mass is 1320 g/mol. The molecule has 2 nitrogen and oxygen atoms in total. The molecule has 2 aromatic heterocycles. The predicted molar refractivity (Wildman–Crippen MR) is 445 cm³/mol. The van der Waals surface area contributed by atoms with Gasteiger partial charge in [0.2, 0.25) is 0 Å². The fourth-order valence-corrected chi connectivity index (χ4v) is 16.1. The molecule has 18 rings (SSSR count). The lowest BCUT2D eigenvalue weighted by molar-refractivity contribution is 0.590. The molecule has 0 atom stereocenters. The van der Waals surface area contributed by atoms with E-state index >= 15 is 0 Å². The molecular formula is C101H84N2. The van der Waals surface area contributed by atoms with Gasteiger partial charge in [-0.05, 0) is 216 Å². The number of aromatic nitrogens is 2. The first-order chi connectivity index (χ1) is 49.9. The summed E-state index contributed by atoms with van der Waals surface area (Å²) < 4.78 is 4.87. The Bertz CT molecular complexity index is 6150. The van der Waals surface area contributed by atoms with E-state index in [1.165, 1.54) is 187 Å². The Hall–Kier alpha value is -11.8. The van der Waals surface area contributed by atoms with E-state index in [0.717, 1.165) is 0 Å². The number of rotatable bonds is 8. The van der Waals surface area contributed by atoms with Crippen molar-refractivity contribution in [3.8, 4) is 78.1 Å². The maximum Gasteiger partial charge on any atom is 0.0541 e. The van der Waals surface area contributed by atoms with Crippen LogP contribution in [0.3, 0.4) is 0 Å². The van der Waals surface area contributed by atoms with Gasteiger partial charge in [0.05, 0.1) is 22.1 Å². The quantitative estimate of drug-likeness (QED) is 0.134. The maximum atomic E-state index is 2.45. The summed E-state index contributed by atoms with van der Waals surface area (Å²) in [6, 6.07) is 121. The summed E-state index contributed by atoms with van der Waals surface area (Å²) in [5.74, 6) is 0. The molecule has 0 aliphatic rings. The summed E-state index contributed by atoms with van der Waals surface area (Å²) in [5, 5.41) is 15.4. The number of hydrogen-bond acceptors (Lipinski definition) is 0. The lowest BCUT2D eigenvalue weighted by Crippen LogP contribution is -2.10. The molecule has 0 fully saturated rings. The van der Waals surface area contributed by atoms with E-state index < -0.39 is 0 Å². The van der Waals surface area contributed by atoms with Crippen LogP contribution in [-0.2, 0) is 16.2 Å². The average Bonchev–Trinajstić information content (AvgIpc) is 1.67. The molecule has 0 spiro atoms. The van der Waals surface area contributed by atoms with E-state index in [1.807, 2.05) is 0 Å². The van der Waals surface area contributed by atoms with Gasteiger partial charge >= 0.3 is 0 Å². The van der Waals surface area contributed by atoms with Crippen LogP contribution < -0.4 is 0 Å². The molecule has 0 unspecified atom stereocenters. The molecule has 18 aromatic rings. The lowest BCUT2D eigenvalue weighted by Gasteiger charge is -2.19. The van der Waals surface area contributed by atoms with Gasteiger partial charge in [-0.15, -0.1) is 0 Å². The minimum absolute atomic E-state index is 0.0681. The van der Waals surface area contributed by atoms with Gasteiger partial charge in [-0.3, -0.25) is 0 Å². The Morgan fingerprint density at radius 3 is 0.777 bits per heavy atom. The van der Waals surface area contributed by atoms with Crippen molar-refractivity contribution in [2.75, 3.05) is 0 Å². The lowest BCUT2D eigenvalue weighted by atomic mass is 9.85. The minimum atomic E-state index is 0.0681. The normalized spacial score (nSPS) is 12.2. The number of hydrogen-bond donors (Lipinski definition) is 0. The summed E-state index contributed by atoms with van der Waals surface area (Å²) in [4.78, 5) is 0. The zero-order valence-corrected chi connectivity index (χ0v) is 60.6.